The first-order valence-electron chi connectivity index (χ1n) is 7.27. The molecule has 1 atom stereocenters. The standard InChI is InChI=1S/C16H15ClN4O3/c1-9-7-14(19-18-9)21-15(22)12(16(23)24-2)8-13(20-21)10-3-5-11(17)6-4-10/h3-7,12H,8H2,1-2H3,(H,18,19). The number of nitrogens with one attached hydrogen (secondary N) is 1. The van der Waals surface area contributed by atoms with Gasteiger partial charge in [-0.2, -0.15) is 15.2 Å². The maximum absolute atomic E-state index is 12.6. The normalized spacial score (nSPS) is 17.6. The van der Waals surface area contributed by atoms with Gasteiger partial charge in [-0.05, 0) is 24.6 Å². The van der Waals surface area contributed by atoms with E-state index in [1.54, 1.807) is 37.3 Å². The number of carbonyl (C=O) groups is 2. The van der Waals surface area contributed by atoms with Crippen molar-refractivity contribution in [2.75, 3.05) is 12.1 Å². The average Bonchev–Trinajstić information content (AvgIpc) is 3.01. The predicted molar refractivity (Wildman–Crippen MR) is 88.9 cm³/mol. The highest BCUT2D eigenvalue weighted by atomic mass is 35.5. The van der Waals surface area contributed by atoms with Crippen LogP contribution in [0.15, 0.2) is 35.4 Å². The van der Waals surface area contributed by atoms with Crippen LogP contribution in [0, 0.1) is 12.8 Å². The summed E-state index contributed by atoms with van der Waals surface area (Å²) in [5.74, 6) is -1.61. The van der Waals surface area contributed by atoms with Crippen molar-refractivity contribution in [3.63, 3.8) is 0 Å². The monoisotopic (exact) mass is 346 g/mol. The van der Waals surface area contributed by atoms with Crippen LogP contribution in [0.3, 0.4) is 0 Å². The zero-order chi connectivity index (χ0) is 17.3. The van der Waals surface area contributed by atoms with Crippen molar-refractivity contribution in [1.29, 1.82) is 0 Å². The Labute approximate surface area is 143 Å². The molecule has 0 bridgehead atoms. The molecular weight excluding hydrogens is 332 g/mol. The van der Waals surface area contributed by atoms with Crippen molar-refractivity contribution in [3.05, 3.63) is 46.6 Å². The fourth-order valence-corrected chi connectivity index (χ4v) is 2.60. The lowest BCUT2D eigenvalue weighted by molar-refractivity contribution is -0.149. The molecule has 1 amide bonds. The van der Waals surface area contributed by atoms with E-state index in [-0.39, 0.29) is 6.42 Å². The Morgan fingerprint density at radius 1 is 1.38 bits per heavy atom. The molecule has 24 heavy (non-hydrogen) atoms. The van der Waals surface area contributed by atoms with E-state index in [1.165, 1.54) is 7.11 Å². The molecule has 2 heterocycles. The van der Waals surface area contributed by atoms with Crippen molar-refractivity contribution >= 4 is 35.0 Å². The number of H-pyrrole nitrogens is 1. The molecule has 0 saturated heterocycles. The zero-order valence-electron chi connectivity index (χ0n) is 13.1. The Morgan fingerprint density at radius 3 is 2.67 bits per heavy atom. The minimum absolute atomic E-state index is 0.163. The molecule has 0 radical (unpaired) electrons. The predicted octanol–water partition coefficient (Wildman–Crippen LogP) is 2.30. The number of anilines is 1. The van der Waals surface area contributed by atoms with Gasteiger partial charge in [0, 0.05) is 17.5 Å². The first-order chi connectivity index (χ1) is 11.5. The van der Waals surface area contributed by atoms with Crippen LogP contribution in [0.2, 0.25) is 5.02 Å². The van der Waals surface area contributed by atoms with Gasteiger partial charge in [0.15, 0.2) is 5.82 Å². The number of hydrogen-bond acceptors (Lipinski definition) is 5. The number of carbonyl (C=O) groups excluding carboxylic acids is 2. The third-order valence-corrected chi connectivity index (χ3v) is 3.96. The van der Waals surface area contributed by atoms with Gasteiger partial charge in [0.1, 0.15) is 5.92 Å². The molecule has 1 aliphatic rings. The van der Waals surface area contributed by atoms with Crippen LogP contribution in [0.4, 0.5) is 5.82 Å². The van der Waals surface area contributed by atoms with Crippen LogP contribution < -0.4 is 5.01 Å². The lowest BCUT2D eigenvalue weighted by Gasteiger charge is -2.27. The molecule has 1 aromatic carbocycles. The highest BCUT2D eigenvalue weighted by molar-refractivity contribution is 6.30. The number of benzene rings is 1. The lowest BCUT2D eigenvalue weighted by atomic mass is 9.95. The average molecular weight is 347 g/mol. The quantitative estimate of drug-likeness (QED) is 0.682. The Morgan fingerprint density at radius 2 is 2.08 bits per heavy atom. The zero-order valence-corrected chi connectivity index (χ0v) is 13.9. The Kier molecular flexibility index (Phi) is 4.35. The van der Waals surface area contributed by atoms with Crippen molar-refractivity contribution in [1.82, 2.24) is 10.2 Å². The van der Waals surface area contributed by atoms with Gasteiger partial charge in [-0.15, -0.1) is 0 Å². The van der Waals surface area contributed by atoms with Gasteiger partial charge in [0.2, 0.25) is 0 Å². The van der Waals surface area contributed by atoms with Gasteiger partial charge < -0.3 is 4.74 Å². The fraction of sp³-hybridized carbons (Fsp3) is 0.250. The van der Waals surface area contributed by atoms with Crippen molar-refractivity contribution in [3.8, 4) is 0 Å². The number of methoxy groups -OCH3 is 1. The summed E-state index contributed by atoms with van der Waals surface area (Å²) in [6, 6.07) is 8.73. The van der Waals surface area contributed by atoms with E-state index < -0.39 is 17.8 Å². The van der Waals surface area contributed by atoms with E-state index in [2.05, 4.69) is 15.3 Å². The number of halogens is 1. The van der Waals surface area contributed by atoms with Crippen LogP contribution in [0.1, 0.15) is 17.7 Å². The molecule has 3 rings (SSSR count). The summed E-state index contributed by atoms with van der Waals surface area (Å²) >= 11 is 5.91. The topological polar surface area (TPSA) is 87.7 Å². The molecule has 1 unspecified atom stereocenters. The first kappa shape index (κ1) is 16.2. The second kappa shape index (κ2) is 6.45. The van der Waals surface area contributed by atoms with E-state index in [0.29, 0.717) is 22.2 Å². The van der Waals surface area contributed by atoms with Crippen LogP contribution >= 0.6 is 11.6 Å². The number of aromatic amines is 1. The summed E-state index contributed by atoms with van der Waals surface area (Å²) in [7, 11) is 1.26. The Hall–Kier alpha value is -2.67. The fourth-order valence-electron chi connectivity index (χ4n) is 2.47. The number of ether oxygens (including phenoxy) is 1. The number of hydrogen-bond donors (Lipinski definition) is 1. The highest BCUT2D eigenvalue weighted by Gasteiger charge is 2.38. The minimum Gasteiger partial charge on any atom is -0.468 e. The van der Waals surface area contributed by atoms with Crippen molar-refractivity contribution < 1.29 is 14.3 Å². The van der Waals surface area contributed by atoms with E-state index in [0.717, 1.165) is 10.6 Å². The smallest absolute Gasteiger partial charge is 0.318 e. The maximum atomic E-state index is 12.6. The number of hydrazone groups is 1. The number of esters is 1. The second-order valence-electron chi connectivity index (χ2n) is 5.38. The molecule has 1 aromatic heterocycles. The SMILES string of the molecule is COC(=O)C1CC(c2ccc(Cl)cc2)=NN(c2cc(C)n[nH]2)C1=O. The Balaban J connectivity index is 2.04. The number of aryl methyl sites for hydroxylation is 1. The van der Waals surface area contributed by atoms with Crippen LogP contribution in [-0.4, -0.2) is 34.9 Å². The van der Waals surface area contributed by atoms with Gasteiger partial charge >= 0.3 is 5.97 Å². The molecule has 0 spiro atoms. The van der Waals surface area contributed by atoms with Crippen LogP contribution in [-0.2, 0) is 14.3 Å². The largest absolute Gasteiger partial charge is 0.468 e. The number of nitrogens with zero attached hydrogens (tertiary/aromatic N) is 3. The molecule has 1 aliphatic heterocycles. The molecule has 0 saturated carbocycles. The van der Waals surface area contributed by atoms with Gasteiger partial charge in [0.05, 0.1) is 18.5 Å². The van der Waals surface area contributed by atoms with Crippen molar-refractivity contribution in [2.24, 2.45) is 11.0 Å². The third kappa shape index (κ3) is 3.03. The molecule has 0 aliphatic carbocycles. The first-order valence-corrected chi connectivity index (χ1v) is 7.64. The third-order valence-electron chi connectivity index (χ3n) is 3.71. The van der Waals surface area contributed by atoms with E-state index in [9.17, 15) is 9.59 Å². The summed E-state index contributed by atoms with van der Waals surface area (Å²) < 4.78 is 4.76. The summed E-state index contributed by atoms with van der Waals surface area (Å²) in [6.07, 6.45) is 0.163. The summed E-state index contributed by atoms with van der Waals surface area (Å²) in [6.45, 7) is 1.79. The Bertz CT molecular complexity index is 813. The lowest BCUT2D eigenvalue weighted by Crippen LogP contribution is -2.43. The molecule has 8 heteroatoms. The maximum Gasteiger partial charge on any atom is 0.318 e. The van der Waals surface area contributed by atoms with Gasteiger partial charge in [0.25, 0.3) is 5.91 Å². The molecule has 2 aromatic rings. The van der Waals surface area contributed by atoms with Crippen molar-refractivity contribution in [2.45, 2.75) is 13.3 Å². The number of aromatic nitrogens is 2. The van der Waals surface area contributed by atoms with Gasteiger partial charge in [-0.3, -0.25) is 14.7 Å². The summed E-state index contributed by atoms with van der Waals surface area (Å²) in [5, 5.41) is 12.9. The molecular formula is C16H15ClN4O3. The molecule has 124 valence electrons. The van der Waals surface area contributed by atoms with E-state index in [4.69, 9.17) is 16.3 Å². The second-order valence-corrected chi connectivity index (χ2v) is 5.81. The van der Waals surface area contributed by atoms with E-state index >= 15 is 0 Å². The van der Waals surface area contributed by atoms with Crippen LogP contribution in [0.25, 0.3) is 0 Å². The minimum atomic E-state index is -0.957. The van der Waals surface area contributed by atoms with E-state index in [1.807, 2.05) is 0 Å². The molecule has 7 nitrogen and oxygen atoms in total. The molecule has 1 N–H and O–H groups in total. The van der Waals surface area contributed by atoms with Crippen LogP contribution in [0.5, 0.6) is 0 Å². The molecule has 0 fully saturated rings. The highest BCUT2D eigenvalue weighted by Crippen LogP contribution is 2.26. The summed E-state index contributed by atoms with van der Waals surface area (Å²) in [4.78, 5) is 24.6. The van der Waals surface area contributed by atoms with Gasteiger partial charge in [-0.1, -0.05) is 23.7 Å². The number of amides is 1. The van der Waals surface area contributed by atoms with Gasteiger partial charge in [-0.25, -0.2) is 0 Å². The number of rotatable bonds is 3. The summed E-state index contributed by atoms with van der Waals surface area (Å²) in [5.41, 5.74) is 2.08.